The molecule has 1 aliphatic carbocycles. The second kappa shape index (κ2) is 18.0. The van der Waals surface area contributed by atoms with Crippen molar-refractivity contribution < 1.29 is 28.5 Å². The fourth-order valence-corrected chi connectivity index (χ4v) is 6.80. The van der Waals surface area contributed by atoms with Crippen molar-refractivity contribution in [1.29, 1.82) is 0 Å². The van der Waals surface area contributed by atoms with Gasteiger partial charge < -0.3 is 18.9 Å². The Kier molecular flexibility index (Phi) is 13.2. The maximum Gasteiger partial charge on any atom is 0.338 e. The van der Waals surface area contributed by atoms with Gasteiger partial charge in [0, 0.05) is 5.56 Å². The fraction of sp³-hybridized carbons (Fsp3) is 0.463. The van der Waals surface area contributed by atoms with Gasteiger partial charge in [0.15, 0.2) is 18.5 Å². The largest absolute Gasteiger partial charge is 0.464 e. The number of benzene rings is 3. The Morgan fingerprint density at radius 2 is 1.23 bits per heavy atom. The lowest BCUT2D eigenvalue weighted by molar-refractivity contribution is -0.163. The van der Waals surface area contributed by atoms with Gasteiger partial charge in [0.1, 0.15) is 0 Å². The van der Waals surface area contributed by atoms with Crippen LogP contribution >= 0.6 is 0 Å². The van der Waals surface area contributed by atoms with E-state index in [2.05, 4.69) is 66.7 Å². The van der Waals surface area contributed by atoms with E-state index >= 15 is 0 Å². The van der Waals surface area contributed by atoms with Gasteiger partial charge in [-0.15, -0.1) is 0 Å². The minimum absolute atomic E-state index is 0.183. The van der Waals surface area contributed by atoms with Crippen LogP contribution in [0.1, 0.15) is 107 Å². The van der Waals surface area contributed by atoms with E-state index in [4.69, 9.17) is 18.9 Å². The van der Waals surface area contributed by atoms with Crippen LogP contribution in [0, 0.1) is 5.92 Å². The average molecular weight is 639 g/mol. The first kappa shape index (κ1) is 34.6. The number of hydrogen-bond donors (Lipinski definition) is 0. The first-order valence-corrected chi connectivity index (χ1v) is 17.6. The Bertz CT molecular complexity index is 1380. The van der Waals surface area contributed by atoms with Crippen LogP contribution in [0.5, 0.6) is 0 Å². The minimum atomic E-state index is -1.16. The molecule has 250 valence electrons. The van der Waals surface area contributed by atoms with Crippen molar-refractivity contribution in [2.75, 3.05) is 13.2 Å². The number of esters is 2. The highest BCUT2D eigenvalue weighted by molar-refractivity contribution is 5.86. The third-order valence-corrected chi connectivity index (χ3v) is 9.44. The van der Waals surface area contributed by atoms with Crippen LogP contribution in [0.4, 0.5) is 0 Å². The van der Waals surface area contributed by atoms with Crippen molar-refractivity contribution in [2.45, 2.75) is 102 Å². The molecule has 47 heavy (non-hydrogen) atoms. The van der Waals surface area contributed by atoms with Crippen molar-refractivity contribution in [3.63, 3.8) is 0 Å². The lowest BCUT2D eigenvalue weighted by Gasteiger charge is -2.29. The standard InChI is InChI=1S/C41H50O6/c1-3-44-39(42)37-38(40(43)45-4-2)47-41(46-37)36-28-26-35(27-29-36)34-24-22-33(23-25-34)32-20-18-31(19-21-32)17-11-8-6-5-7-10-14-30-15-12-9-13-16-30/h9-10,12-16,22-29,31-32,37-38,41H,3-8,11,17-21H2,1-2H3/b14-10+/t31-,32-,37-,38-/m1/s1. The molecule has 1 heterocycles. The fourth-order valence-electron chi connectivity index (χ4n) is 6.80. The highest BCUT2D eigenvalue weighted by atomic mass is 16.8. The van der Waals surface area contributed by atoms with Gasteiger partial charge >= 0.3 is 11.9 Å². The van der Waals surface area contributed by atoms with Crippen molar-refractivity contribution in [3.05, 3.63) is 102 Å². The molecule has 2 atom stereocenters. The number of allylic oxidation sites excluding steroid dienone is 1. The summed E-state index contributed by atoms with van der Waals surface area (Å²) in [5, 5.41) is 0. The van der Waals surface area contributed by atoms with Crippen LogP contribution in [-0.2, 0) is 28.5 Å². The van der Waals surface area contributed by atoms with E-state index in [9.17, 15) is 9.59 Å². The Labute approximate surface area is 280 Å². The summed E-state index contributed by atoms with van der Waals surface area (Å²) in [6, 6.07) is 27.4. The molecule has 0 N–H and O–H groups in total. The summed E-state index contributed by atoms with van der Waals surface area (Å²) in [7, 11) is 0. The van der Waals surface area contributed by atoms with E-state index in [1.54, 1.807) is 13.8 Å². The topological polar surface area (TPSA) is 71.1 Å². The normalized spacial score (nSPS) is 21.6. The smallest absolute Gasteiger partial charge is 0.338 e. The van der Waals surface area contributed by atoms with E-state index in [0.717, 1.165) is 22.6 Å². The highest BCUT2D eigenvalue weighted by Gasteiger charge is 2.47. The van der Waals surface area contributed by atoms with Gasteiger partial charge in [-0.2, -0.15) is 0 Å². The maximum absolute atomic E-state index is 12.4. The molecule has 1 saturated carbocycles. The van der Waals surface area contributed by atoms with Crippen LogP contribution in [0.2, 0.25) is 0 Å². The zero-order valence-corrected chi connectivity index (χ0v) is 28.0. The lowest BCUT2D eigenvalue weighted by Crippen LogP contribution is -2.39. The zero-order chi connectivity index (χ0) is 32.8. The van der Waals surface area contributed by atoms with E-state index in [1.807, 2.05) is 24.3 Å². The van der Waals surface area contributed by atoms with E-state index in [-0.39, 0.29) is 13.2 Å². The quantitative estimate of drug-likeness (QED) is 0.122. The molecule has 6 nitrogen and oxygen atoms in total. The van der Waals surface area contributed by atoms with Crippen LogP contribution in [0.3, 0.4) is 0 Å². The number of carbonyl (C=O) groups is 2. The molecule has 2 aliphatic rings. The number of ether oxygens (including phenoxy) is 4. The molecule has 3 aromatic rings. The first-order valence-electron chi connectivity index (χ1n) is 17.6. The average Bonchev–Trinajstić information content (AvgIpc) is 3.57. The predicted molar refractivity (Wildman–Crippen MR) is 186 cm³/mol. The molecule has 0 bridgehead atoms. The van der Waals surface area contributed by atoms with Crippen LogP contribution in [-0.4, -0.2) is 37.4 Å². The predicted octanol–water partition coefficient (Wildman–Crippen LogP) is 9.59. The van der Waals surface area contributed by atoms with Gasteiger partial charge in [0.05, 0.1) is 13.2 Å². The Hall–Kier alpha value is -3.74. The highest BCUT2D eigenvalue weighted by Crippen LogP contribution is 2.39. The number of unbranched alkanes of at least 4 members (excludes halogenated alkanes) is 4. The number of hydrogen-bond acceptors (Lipinski definition) is 6. The van der Waals surface area contributed by atoms with Crippen LogP contribution in [0.15, 0.2) is 84.9 Å². The first-order chi connectivity index (χ1) is 23.1. The van der Waals surface area contributed by atoms with Crippen molar-refractivity contribution >= 4 is 18.0 Å². The SMILES string of the molecule is CCOC(=O)[C@@H]1OC(c2ccc(-c3ccc([C@H]4CC[C@H](CCCCCC/C=C/c5ccccc5)CC4)cc3)cc2)O[C@H]1C(=O)OCC. The van der Waals surface area contributed by atoms with Gasteiger partial charge in [-0.25, -0.2) is 9.59 Å². The number of carbonyl (C=O) groups excluding carboxylic acids is 2. The van der Waals surface area contributed by atoms with Crippen LogP contribution in [0.25, 0.3) is 17.2 Å². The molecular formula is C41H50O6. The molecule has 2 fully saturated rings. The Balaban J connectivity index is 1.04. The molecule has 5 rings (SSSR count). The van der Waals surface area contributed by atoms with E-state index < -0.39 is 30.4 Å². The van der Waals surface area contributed by atoms with Gasteiger partial charge in [0.25, 0.3) is 0 Å². The summed E-state index contributed by atoms with van der Waals surface area (Å²) in [5.74, 6) is 0.269. The molecular weight excluding hydrogens is 588 g/mol. The Morgan fingerprint density at radius 3 is 1.81 bits per heavy atom. The summed E-state index contributed by atoms with van der Waals surface area (Å²) >= 11 is 0. The third kappa shape index (κ3) is 9.88. The molecule has 0 unspecified atom stereocenters. The second-order valence-electron chi connectivity index (χ2n) is 12.7. The molecule has 1 saturated heterocycles. The maximum atomic E-state index is 12.4. The molecule has 3 aromatic carbocycles. The monoisotopic (exact) mass is 638 g/mol. The molecule has 0 aromatic heterocycles. The van der Waals surface area contributed by atoms with Gasteiger partial charge in [-0.3, -0.25) is 0 Å². The second-order valence-corrected chi connectivity index (χ2v) is 12.7. The molecule has 0 amide bonds. The van der Waals surface area contributed by atoms with Crippen molar-refractivity contribution in [3.8, 4) is 11.1 Å². The van der Waals surface area contributed by atoms with Crippen molar-refractivity contribution in [2.24, 2.45) is 5.92 Å². The minimum Gasteiger partial charge on any atom is -0.464 e. The van der Waals surface area contributed by atoms with Crippen molar-refractivity contribution in [1.82, 2.24) is 0 Å². The third-order valence-electron chi connectivity index (χ3n) is 9.44. The van der Waals surface area contributed by atoms with Gasteiger partial charge in [-0.1, -0.05) is 117 Å². The summed E-state index contributed by atoms with van der Waals surface area (Å²) < 4.78 is 21.9. The summed E-state index contributed by atoms with van der Waals surface area (Å²) in [4.78, 5) is 24.8. The summed E-state index contributed by atoms with van der Waals surface area (Å²) in [5.41, 5.74) is 5.68. The molecule has 6 heteroatoms. The van der Waals surface area contributed by atoms with E-state index in [1.165, 1.54) is 75.3 Å². The van der Waals surface area contributed by atoms with Gasteiger partial charge in [0.2, 0.25) is 0 Å². The molecule has 0 radical (unpaired) electrons. The zero-order valence-electron chi connectivity index (χ0n) is 28.0. The summed E-state index contributed by atoms with van der Waals surface area (Å²) in [6.07, 6.45) is 14.5. The van der Waals surface area contributed by atoms with Gasteiger partial charge in [-0.05, 0) is 86.5 Å². The number of rotatable bonds is 15. The molecule has 0 spiro atoms. The summed E-state index contributed by atoms with van der Waals surface area (Å²) in [6.45, 7) is 3.78. The molecule has 1 aliphatic heterocycles. The van der Waals surface area contributed by atoms with Crippen LogP contribution < -0.4 is 0 Å². The van der Waals surface area contributed by atoms with E-state index in [0.29, 0.717) is 5.92 Å². The Morgan fingerprint density at radius 1 is 0.681 bits per heavy atom. The lowest BCUT2D eigenvalue weighted by atomic mass is 9.77.